The Morgan fingerprint density at radius 1 is 1.18 bits per heavy atom. The van der Waals surface area contributed by atoms with Crippen molar-refractivity contribution in [2.24, 2.45) is 7.05 Å². The van der Waals surface area contributed by atoms with Crippen LogP contribution in [-0.2, 0) is 19.8 Å². The number of aromatic carboxylic acids is 1. The summed E-state index contributed by atoms with van der Waals surface area (Å²) in [6.45, 7) is 2.03. The van der Waals surface area contributed by atoms with Crippen molar-refractivity contribution in [2.75, 3.05) is 4.31 Å². The van der Waals surface area contributed by atoms with Gasteiger partial charge in [-0.1, -0.05) is 17.7 Å². The number of nitrogens with zero attached hydrogens (tertiary/aromatic N) is 4. The first-order chi connectivity index (χ1) is 16.0. The second-order valence-corrected chi connectivity index (χ2v) is 9.07. The van der Waals surface area contributed by atoms with E-state index in [-0.39, 0.29) is 22.9 Å². The zero-order valence-electron chi connectivity index (χ0n) is 18.0. The third-order valence-electron chi connectivity index (χ3n) is 5.15. The maximum Gasteiger partial charge on any atom is 0.417 e. The quantitative estimate of drug-likeness (QED) is 0.307. The molecule has 0 saturated carbocycles. The molecule has 2 aromatic carbocycles. The Bertz CT molecular complexity index is 1390. The van der Waals surface area contributed by atoms with E-state index in [0.717, 1.165) is 28.7 Å². The number of halogens is 4. The van der Waals surface area contributed by atoms with Gasteiger partial charge in [0.05, 0.1) is 34.4 Å². The van der Waals surface area contributed by atoms with E-state index in [1.807, 2.05) is 25.2 Å². The second-order valence-electron chi connectivity index (χ2n) is 7.60. The maximum atomic E-state index is 13.1. The molecule has 0 unspecified atom stereocenters. The van der Waals surface area contributed by atoms with Gasteiger partial charge in [-0.2, -0.15) is 18.3 Å². The van der Waals surface area contributed by atoms with Crippen LogP contribution in [0.15, 0.2) is 59.8 Å². The van der Waals surface area contributed by atoms with Crippen molar-refractivity contribution >= 4 is 46.2 Å². The molecule has 0 aliphatic rings. The fourth-order valence-electron chi connectivity index (χ4n) is 3.40. The third-order valence-corrected chi connectivity index (χ3v) is 6.61. The topological polar surface area (TPSA) is 71.2 Å². The number of carboxylic acid groups (broad SMARTS) is 1. The average molecular weight is 507 g/mol. The van der Waals surface area contributed by atoms with Gasteiger partial charge < -0.3 is 5.11 Å². The van der Waals surface area contributed by atoms with Crippen molar-refractivity contribution in [1.82, 2.24) is 14.8 Å². The summed E-state index contributed by atoms with van der Waals surface area (Å²) in [5, 5.41) is 14.2. The number of benzene rings is 2. The lowest BCUT2D eigenvalue weighted by atomic mass is 10.1. The number of hydrogen-bond acceptors (Lipinski definition) is 5. The summed E-state index contributed by atoms with van der Waals surface area (Å²) in [6.07, 6.45) is -2.09. The third kappa shape index (κ3) is 4.97. The van der Waals surface area contributed by atoms with Crippen LogP contribution in [0, 0.1) is 6.92 Å². The molecular weight excluding hydrogens is 489 g/mol. The molecule has 1 N–H and O–H groups in total. The molecule has 0 fully saturated rings. The number of aryl methyl sites for hydroxylation is 2. The lowest BCUT2D eigenvalue weighted by molar-refractivity contribution is -0.137. The molecule has 0 radical (unpaired) electrons. The molecule has 0 bridgehead atoms. The zero-order chi connectivity index (χ0) is 24.6. The van der Waals surface area contributed by atoms with Crippen molar-refractivity contribution in [2.45, 2.75) is 24.5 Å². The number of aromatic nitrogens is 3. The molecule has 0 amide bonds. The van der Waals surface area contributed by atoms with Gasteiger partial charge in [0.25, 0.3) is 0 Å². The Labute approximate surface area is 202 Å². The van der Waals surface area contributed by atoms with Crippen LogP contribution >= 0.6 is 23.5 Å². The molecule has 0 saturated heterocycles. The van der Waals surface area contributed by atoms with E-state index in [9.17, 15) is 23.1 Å². The van der Waals surface area contributed by atoms with Gasteiger partial charge in [0.1, 0.15) is 0 Å². The first-order valence-electron chi connectivity index (χ1n) is 9.96. The molecule has 0 aliphatic heterocycles. The van der Waals surface area contributed by atoms with Crippen LogP contribution in [0.2, 0.25) is 5.02 Å². The molecule has 2 heterocycles. The molecule has 0 spiro atoms. The van der Waals surface area contributed by atoms with E-state index in [1.54, 1.807) is 28.2 Å². The van der Waals surface area contributed by atoms with Crippen LogP contribution < -0.4 is 4.31 Å². The van der Waals surface area contributed by atoms with Crippen LogP contribution in [-0.4, -0.2) is 25.8 Å². The molecule has 6 nitrogen and oxygen atoms in total. The standard InChI is InChI=1S/C23H18ClF3N4O2S/c1-13-7-15(22(32)33)4-6-20(13)34-31(21-18(24)9-17(11-28-21)23(25,26)27)12-14-3-5-19-16(8-14)10-29-30(19)2/h3-11H,12H2,1-2H3,(H,32,33). The molecule has 11 heteroatoms. The normalized spacial score (nSPS) is 11.7. The Hall–Kier alpha value is -3.24. The van der Waals surface area contributed by atoms with Crippen LogP contribution in [0.5, 0.6) is 0 Å². The lowest BCUT2D eigenvalue weighted by Gasteiger charge is -2.25. The summed E-state index contributed by atoms with van der Waals surface area (Å²) in [5.74, 6) is -0.888. The number of fused-ring (bicyclic) bond motifs is 1. The van der Waals surface area contributed by atoms with Crippen molar-refractivity contribution in [3.05, 3.63) is 82.1 Å². The van der Waals surface area contributed by atoms with Crippen LogP contribution in [0.25, 0.3) is 10.9 Å². The average Bonchev–Trinajstić information content (AvgIpc) is 3.14. The van der Waals surface area contributed by atoms with Crippen molar-refractivity contribution < 1.29 is 23.1 Å². The molecular formula is C23H18ClF3N4O2S. The van der Waals surface area contributed by atoms with Gasteiger partial charge in [0.15, 0.2) is 5.82 Å². The lowest BCUT2D eigenvalue weighted by Crippen LogP contribution is -2.17. The minimum Gasteiger partial charge on any atom is -0.478 e. The Kier molecular flexibility index (Phi) is 6.46. The SMILES string of the molecule is Cc1cc(C(=O)O)ccc1SN(Cc1ccc2c(cnn2C)c1)c1ncc(C(F)(F)F)cc1Cl. The Morgan fingerprint density at radius 2 is 1.94 bits per heavy atom. The summed E-state index contributed by atoms with van der Waals surface area (Å²) in [4.78, 5) is 16.0. The second kappa shape index (κ2) is 9.19. The highest BCUT2D eigenvalue weighted by molar-refractivity contribution is 8.00. The van der Waals surface area contributed by atoms with E-state index < -0.39 is 17.7 Å². The minimum atomic E-state index is -4.57. The first kappa shape index (κ1) is 23.9. The molecule has 0 aliphatic carbocycles. The predicted molar refractivity (Wildman–Crippen MR) is 125 cm³/mol. The van der Waals surface area contributed by atoms with E-state index in [1.165, 1.54) is 24.1 Å². The Balaban J connectivity index is 1.73. The van der Waals surface area contributed by atoms with E-state index in [2.05, 4.69) is 10.1 Å². The molecule has 176 valence electrons. The highest BCUT2D eigenvalue weighted by atomic mass is 35.5. The number of rotatable bonds is 6. The number of carbonyl (C=O) groups is 1. The summed E-state index contributed by atoms with van der Waals surface area (Å²) in [6, 6.07) is 11.3. The van der Waals surface area contributed by atoms with Crippen LogP contribution in [0.4, 0.5) is 19.0 Å². The Morgan fingerprint density at radius 3 is 2.59 bits per heavy atom. The number of pyridine rings is 1. The van der Waals surface area contributed by atoms with Gasteiger partial charge in [-0.15, -0.1) is 0 Å². The first-order valence-corrected chi connectivity index (χ1v) is 11.1. The summed E-state index contributed by atoms with van der Waals surface area (Å²) >= 11 is 7.47. The summed E-state index contributed by atoms with van der Waals surface area (Å²) < 4.78 is 42.8. The van der Waals surface area contributed by atoms with Gasteiger partial charge in [-0.3, -0.25) is 8.99 Å². The van der Waals surface area contributed by atoms with E-state index >= 15 is 0 Å². The fourth-order valence-corrected chi connectivity index (χ4v) is 4.73. The number of alkyl halides is 3. The van der Waals surface area contributed by atoms with Crippen molar-refractivity contribution in [3.63, 3.8) is 0 Å². The van der Waals surface area contributed by atoms with Gasteiger partial charge >= 0.3 is 12.1 Å². The molecule has 4 rings (SSSR count). The highest BCUT2D eigenvalue weighted by Crippen LogP contribution is 2.38. The van der Waals surface area contributed by atoms with Crippen LogP contribution in [0.1, 0.15) is 27.0 Å². The monoisotopic (exact) mass is 506 g/mol. The van der Waals surface area contributed by atoms with E-state index in [4.69, 9.17) is 11.6 Å². The summed E-state index contributed by atoms with van der Waals surface area (Å²) in [7, 11) is 1.83. The van der Waals surface area contributed by atoms with Gasteiger partial charge in [-0.25, -0.2) is 9.78 Å². The van der Waals surface area contributed by atoms with Crippen LogP contribution in [0.3, 0.4) is 0 Å². The fraction of sp³-hybridized carbons (Fsp3) is 0.174. The molecule has 0 atom stereocenters. The number of hydrogen-bond donors (Lipinski definition) is 1. The molecule has 2 aromatic heterocycles. The number of carboxylic acids is 1. The molecule has 34 heavy (non-hydrogen) atoms. The zero-order valence-corrected chi connectivity index (χ0v) is 19.5. The smallest absolute Gasteiger partial charge is 0.417 e. The maximum absolute atomic E-state index is 13.1. The highest BCUT2D eigenvalue weighted by Gasteiger charge is 2.32. The number of anilines is 1. The summed E-state index contributed by atoms with van der Waals surface area (Å²) in [5.41, 5.74) is 1.70. The van der Waals surface area contributed by atoms with Gasteiger partial charge in [0, 0.05) is 23.5 Å². The van der Waals surface area contributed by atoms with Crippen molar-refractivity contribution in [1.29, 1.82) is 0 Å². The molecule has 4 aromatic rings. The predicted octanol–water partition coefficient (Wildman–Crippen LogP) is 6.36. The van der Waals surface area contributed by atoms with E-state index in [0.29, 0.717) is 10.5 Å². The minimum absolute atomic E-state index is 0.140. The van der Waals surface area contributed by atoms with Crippen molar-refractivity contribution in [3.8, 4) is 0 Å². The van der Waals surface area contributed by atoms with Gasteiger partial charge in [0.2, 0.25) is 0 Å². The van der Waals surface area contributed by atoms with Gasteiger partial charge in [-0.05, 0) is 66.4 Å². The largest absolute Gasteiger partial charge is 0.478 e.